The summed E-state index contributed by atoms with van der Waals surface area (Å²) >= 11 is 0. The van der Waals surface area contributed by atoms with E-state index in [-0.39, 0.29) is 0 Å². The molecule has 1 heterocycles. The van der Waals surface area contributed by atoms with Crippen molar-refractivity contribution in [3.05, 3.63) is 29.8 Å². The fourth-order valence-corrected chi connectivity index (χ4v) is 2.56. The van der Waals surface area contributed by atoms with Gasteiger partial charge in [0.2, 0.25) is 0 Å². The highest BCUT2D eigenvalue weighted by Gasteiger charge is 2.32. The van der Waals surface area contributed by atoms with E-state index >= 15 is 0 Å². The molecule has 15 heavy (non-hydrogen) atoms. The second-order valence-electron chi connectivity index (χ2n) is 5.79. The summed E-state index contributed by atoms with van der Waals surface area (Å²) in [5.74, 6) is 0.671. The van der Waals surface area contributed by atoms with Crippen molar-refractivity contribution in [2.24, 2.45) is 5.41 Å². The van der Waals surface area contributed by atoms with Crippen LogP contribution < -0.4 is 5.32 Å². The van der Waals surface area contributed by atoms with Gasteiger partial charge in [0.15, 0.2) is 0 Å². The zero-order valence-electron chi connectivity index (χ0n) is 10.2. The van der Waals surface area contributed by atoms with E-state index in [1.165, 1.54) is 17.7 Å². The number of para-hydroxylation sites is 1. The van der Waals surface area contributed by atoms with Crippen molar-refractivity contribution >= 4 is 5.69 Å². The Morgan fingerprint density at radius 3 is 2.53 bits per heavy atom. The second-order valence-corrected chi connectivity index (χ2v) is 5.79. The highest BCUT2D eigenvalue weighted by atomic mass is 14.9. The Bertz CT molecular complexity index is 349. The van der Waals surface area contributed by atoms with Crippen LogP contribution in [0.15, 0.2) is 24.3 Å². The molecule has 1 aromatic carbocycles. The maximum atomic E-state index is 3.56. The lowest BCUT2D eigenvalue weighted by Gasteiger charge is -2.39. The monoisotopic (exact) mass is 203 g/mol. The van der Waals surface area contributed by atoms with Gasteiger partial charge in [-0.3, -0.25) is 0 Å². The van der Waals surface area contributed by atoms with Crippen LogP contribution in [0.2, 0.25) is 0 Å². The quantitative estimate of drug-likeness (QED) is 0.671. The van der Waals surface area contributed by atoms with E-state index < -0.39 is 0 Å². The molecule has 0 spiro atoms. The van der Waals surface area contributed by atoms with E-state index in [0.29, 0.717) is 17.4 Å². The molecule has 1 aliphatic heterocycles. The van der Waals surface area contributed by atoms with Gasteiger partial charge in [-0.05, 0) is 36.3 Å². The van der Waals surface area contributed by atoms with E-state index in [2.05, 4.69) is 57.3 Å². The molecular formula is C14H21N. The van der Waals surface area contributed by atoms with Gasteiger partial charge in [0.05, 0.1) is 0 Å². The lowest BCUT2D eigenvalue weighted by molar-refractivity contribution is 0.291. The summed E-state index contributed by atoms with van der Waals surface area (Å²) in [6.45, 7) is 9.29. The molecule has 0 bridgehead atoms. The maximum absolute atomic E-state index is 3.56. The molecule has 2 atom stereocenters. The average Bonchev–Trinajstić information content (AvgIpc) is 2.15. The summed E-state index contributed by atoms with van der Waals surface area (Å²) in [6, 6.07) is 9.32. The molecule has 0 radical (unpaired) electrons. The predicted octanol–water partition coefficient (Wildman–Crippen LogP) is 4.02. The van der Waals surface area contributed by atoms with Crippen LogP contribution in [0.1, 0.15) is 45.6 Å². The van der Waals surface area contributed by atoms with Crippen LogP contribution in [0.4, 0.5) is 5.69 Å². The summed E-state index contributed by atoms with van der Waals surface area (Å²) in [4.78, 5) is 0. The van der Waals surface area contributed by atoms with Crippen molar-refractivity contribution in [2.45, 2.75) is 46.1 Å². The zero-order chi connectivity index (χ0) is 11.1. The van der Waals surface area contributed by atoms with Gasteiger partial charge in [0, 0.05) is 11.7 Å². The molecule has 1 aromatic rings. The van der Waals surface area contributed by atoms with E-state index in [4.69, 9.17) is 0 Å². The van der Waals surface area contributed by atoms with Crippen molar-refractivity contribution in [1.82, 2.24) is 0 Å². The summed E-state index contributed by atoms with van der Waals surface area (Å²) < 4.78 is 0. The van der Waals surface area contributed by atoms with E-state index in [1.54, 1.807) is 0 Å². The third-order valence-electron chi connectivity index (χ3n) is 3.37. The highest BCUT2D eigenvalue weighted by Crippen LogP contribution is 2.44. The zero-order valence-corrected chi connectivity index (χ0v) is 10.2. The maximum Gasteiger partial charge on any atom is 0.0377 e. The lowest BCUT2D eigenvalue weighted by Crippen LogP contribution is -2.31. The minimum atomic E-state index is 0.354. The SMILES string of the molecule is CC1CC(C(C)(C)C)c2ccccc2N1. The highest BCUT2D eigenvalue weighted by molar-refractivity contribution is 5.56. The third kappa shape index (κ3) is 2.01. The van der Waals surface area contributed by atoms with Crippen LogP contribution >= 0.6 is 0 Å². The molecule has 0 amide bonds. The number of hydrogen-bond donors (Lipinski definition) is 1. The van der Waals surface area contributed by atoms with Gasteiger partial charge in [-0.2, -0.15) is 0 Å². The minimum absolute atomic E-state index is 0.354. The standard InChI is InChI=1S/C14H21N/c1-10-9-12(14(2,3)4)11-7-5-6-8-13(11)15-10/h5-8,10,12,15H,9H2,1-4H3. The molecule has 1 aliphatic rings. The van der Waals surface area contributed by atoms with Crippen LogP contribution in [0.5, 0.6) is 0 Å². The van der Waals surface area contributed by atoms with Crippen LogP contribution in [0.3, 0.4) is 0 Å². The number of benzene rings is 1. The number of nitrogens with one attached hydrogen (secondary N) is 1. The smallest absolute Gasteiger partial charge is 0.0377 e. The van der Waals surface area contributed by atoms with Crippen molar-refractivity contribution in [3.8, 4) is 0 Å². The van der Waals surface area contributed by atoms with Crippen LogP contribution in [0, 0.1) is 5.41 Å². The van der Waals surface area contributed by atoms with Gasteiger partial charge in [0.25, 0.3) is 0 Å². The predicted molar refractivity (Wildman–Crippen MR) is 66.3 cm³/mol. The number of hydrogen-bond acceptors (Lipinski definition) is 1. The van der Waals surface area contributed by atoms with Crippen molar-refractivity contribution in [1.29, 1.82) is 0 Å². The summed E-state index contributed by atoms with van der Waals surface area (Å²) in [6.07, 6.45) is 1.24. The Morgan fingerprint density at radius 1 is 1.20 bits per heavy atom. The third-order valence-corrected chi connectivity index (χ3v) is 3.37. The molecule has 2 unspecified atom stereocenters. The number of anilines is 1. The molecule has 1 nitrogen and oxygen atoms in total. The Kier molecular flexibility index (Phi) is 2.49. The van der Waals surface area contributed by atoms with Gasteiger partial charge in [-0.1, -0.05) is 39.0 Å². The van der Waals surface area contributed by atoms with Gasteiger partial charge in [0.1, 0.15) is 0 Å². The van der Waals surface area contributed by atoms with Crippen LogP contribution in [-0.2, 0) is 0 Å². The average molecular weight is 203 g/mol. The fourth-order valence-electron chi connectivity index (χ4n) is 2.56. The lowest BCUT2D eigenvalue weighted by atomic mass is 9.71. The first kappa shape index (κ1) is 10.5. The van der Waals surface area contributed by atoms with Gasteiger partial charge in [-0.25, -0.2) is 0 Å². The van der Waals surface area contributed by atoms with Gasteiger partial charge in [-0.15, -0.1) is 0 Å². The molecule has 0 aliphatic carbocycles. The van der Waals surface area contributed by atoms with Crippen molar-refractivity contribution in [2.75, 3.05) is 5.32 Å². The molecule has 2 rings (SSSR count). The molecule has 1 heteroatoms. The van der Waals surface area contributed by atoms with E-state index in [9.17, 15) is 0 Å². The number of fused-ring (bicyclic) bond motifs is 1. The second kappa shape index (κ2) is 3.55. The van der Waals surface area contributed by atoms with Gasteiger partial charge < -0.3 is 5.32 Å². The van der Waals surface area contributed by atoms with Crippen molar-refractivity contribution < 1.29 is 0 Å². The Labute approximate surface area is 92.9 Å². The minimum Gasteiger partial charge on any atom is -0.382 e. The van der Waals surface area contributed by atoms with Crippen molar-refractivity contribution in [3.63, 3.8) is 0 Å². The fraction of sp³-hybridized carbons (Fsp3) is 0.571. The van der Waals surface area contributed by atoms with E-state index in [0.717, 1.165) is 0 Å². The van der Waals surface area contributed by atoms with Crippen LogP contribution in [0.25, 0.3) is 0 Å². The first-order chi connectivity index (χ1) is 6.98. The Hall–Kier alpha value is -0.980. The molecule has 0 saturated heterocycles. The normalized spacial score (nSPS) is 25.6. The molecule has 1 N–H and O–H groups in total. The van der Waals surface area contributed by atoms with Gasteiger partial charge >= 0.3 is 0 Å². The largest absolute Gasteiger partial charge is 0.382 e. The topological polar surface area (TPSA) is 12.0 Å². The molecule has 82 valence electrons. The summed E-state index contributed by atoms with van der Waals surface area (Å²) in [5.41, 5.74) is 3.17. The first-order valence-electron chi connectivity index (χ1n) is 5.84. The Balaban J connectivity index is 2.43. The molecule has 0 saturated carbocycles. The van der Waals surface area contributed by atoms with Crippen LogP contribution in [-0.4, -0.2) is 6.04 Å². The molecule has 0 fully saturated rings. The molecular weight excluding hydrogens is 182 g/mol. The first-order valence-corrected chi connectivity index (χ1v) is 5.84. The summed E-state index contributed by atoms with van der Waals surface area (Å²) in [5, 5.41) is 3.56. The Morgan fingerprint density at radius 2 is 1.87 bits per heavy atom. The molecule has 0 aromatic heterocycles. The summed E-state index contributed by atoms with van der Waals surface area (Å²) in [7, 11) is 0. The number of rotatable bonds is 0. The van der Waals surface area contributed by atoms with E-state index in [1.807, 2.05) is 0 Å².